The van der Waals surface area contributed by atoms with Gasteiger partial charge in [0.05, 0.1) is 19.3 Å². The van der Waals surface area contributed by atoms with Crippen molar-refractivity contribution >= 4 is 11.7 Å². The van der Waals surface area contributed by atoms with E-state index < -0.39 is 0 Å². The molecule has 2 heterocycles. The Kier molecular flexibility index (Phi) is 5.79. The molecule has 4 unspecified atom stereocenters. The summed E-state index contributed by atoms with van der Waals surface area (Å²) < 4.78 is 22.5. The molecule has 0 bridgehead atoms. The van der Waals surface area contributed by atoms with Gasteiger partial charge in [-0.05, 0) is 66.6 Å². The lowest BCUT2D eigenvalue weighted by Gasteiger charge is -2.38. The minimum Gasteiger partial charge on any atom is -0.493 e. The number of hydrogen-bond donors (Lipinski definition) is 1. The number of carbonyl (C=O) groups is 1. The molecule has 1 aliphatic carbocycles. The van der Waals surface area contributed by atoms with Crippen LogP contribution in [-0.4, -0.2) is 32.4 Å². The lowest BCUT2D eigenvalue weighted by atomic mass is 9.77. The first-order chi connectivity index (χ1) is 15.6. The second kappa shape index (κ2) is 8.87. The van der Waals surface area contributed by atoms with Gasteiger partial charge in [-0.1, -0.05) is 18.2 Å². The highest BCUT2D eigenvalue weighted by Gasteiger charge is 2.38. The molecule has 6 heteroatoms. The molecular weight excluding hydrogens is 406 g/mol. The van der Waals surface area contributed by atoms with E-state index in [9.17, 15) is 4.79 Å². The van der Waals surface area contributed by atoms with Crippen LogP contribution in [0, 0.1) is 5.92 Å². The fourth-order valence-electron chi connectivity index (χ4n) is 5.07. The van der Waals surface area contributed by atoms with Gasteiger partial charge in [-0.2, -0.15) is 0 Å². The Hall–Kier alpha value is -2.99. The van der Waals surface area contributed by atoms with Gasteiger partial charge < -0.3 is 24.3 Å². The van der Waals surface area contributed by atoms with Crippen LogP contribution < -0.4 is 19.5 Å². The number of fused-ring (bicyclic) bond motifs is 3. The van der Waals surface area contributed by atoms with Gasteiger partial charge in [0.25, 0.3) is 0 Å². The molecule has 0 spiro atoms. The van der Waals surface area contributed by atoms with E-state index in [-0.39, 0.29) is 18.1 Å². The lowest BCUT2D eigenvalue weighted by molar-refractivity contribution is -0.132. The number of esters is 1. The highest BCUT2D eigenvalue weighted by molar-refractivity contribution is 5.70. The van der Waals surface area contributed by atoms with Crippen molar-refractivity contribution in [2.75, 3.05) is 25.6 Å². The van der Waals surface area contributed by atoms with Crippen molar-refractivity contribution in [3.63, 3.8) is 0 Å². The van der Waals surface area contributed by atoms with Crippen LogP contribution in [0.4, 0.5) is 5.69 Å². The van der Waals surface area contributed by atoms with Crippen LogP contribution in [0.3, 0.4) is 0 Å². The molecule has 1 fully saturated rings. The Morgan fingerprint density at radius 1 is 1.19 bits per heavy atom. The summed E-state index contributed by atoms with van der Waals surface area (Å²) >= 11 is 0. The monoisotopic (exact) mass is 435 g/mol. The summed E-state index contributed by atoms with van der Waals surface area (Å²) in [5, 5.41) is 3.74. The zero-order valence-corrected chi connectivity index (χ0v) is 18.5. The Morgan fingerprint density at radius 3 is 2.88 bits per heavy atom. The third-order valence-corrected chi connectivity index (χ3v) is 6.59. The van der Waals surface area contributed by atoms with E-state index in [1.165, 1.54) is 12.5 Å². The zero-order valence-electron chi connectivity index (χ0n) is 18.5. The normalized spacial score (nSPS) is 25.6. The van der Waals surface area contributed by atoms with Crippen LogP contribution in [0.1, 0.15) is 49.3 Å². The third-order valence-electron chi connectivity index (χ3n) is 6.59. The molecule has 2 aliphatic heterocycles. The van der Waals surface area contributed by atoms with E-state index in [4.69, 9.17) is 18.9 Å². The summed E-state index contributed by atoms with van der Waals surface area (Å²) in [6.45, 7) is 2.83. The van der Waals surface area contributed by atoms with E-state index in [1.54, 1.807) is 7.11 Å². The largest absolute Gasteiger partial charge is 0.493 e. The van der Waals surface area contributed by atoms with E-state index in [1.807, 2.05) is 24.3 Å². The van der Waals surface area contributed by atoms with Gasteiger partial charge in [0, 0.05) is 25.1 Å². The standard InChI is InChI=1S/C26H29NO5/c1-16(28)32-24-11-8-17(13-25(24)29-2)26-21-7-3-6-20(21)22-14-18(9-10-23(22)27-26)31-15-19-5-4-12-30-19/h3,6,8-11,13-14,19-21,26-27H,4-5,7,12,15H2,1-2H3. The fourth-order valence-corrected chi connectivity index (χ4v) is 5.07. The third kappa shape index (κ3) is 4.07. The Labute approximate surface area is 188 Å². The van der Waals surface area contributed by atoms with Gasteiger partial charge in [-0.15, -0.1) is 0 Å². The van der Waals surface area contributed by atoms with Crippen LogP contribution >= 0.6 is 0 Å². The summed E-state index contributed by atoms with van der Waals surface area (Å²) in [5.41, 5.74) is 3.50. The second-order valence-electron chi connectivity index (χ2n) is 8.67. The molecule has 1 saturated heterocycles. The Balaban J connectivity index is 1.39. The van der Waals surface area contributed by atoms with Crippen molar-refractivity contribution in [2.24, 2.45) is 5.92 Å². The van der Waals surface area contributed by atoms with Crippen LogP contribution in [0.5, 0.6) is 17.2 Å². The number of methoxy groups -OCH3 is 1. The molecule has 5 rings (SSSR count). The summed E-state index contributed by atoms with van der Waals surface area (Å²) in [6.07, 6.45) is 7.97. The summed E-state index contributed by atoms with van der Waals surface area (Å²) in [5.74, 6) is 2.24. The Bertz CT molecular complexity index is 1030. The van der Waals surface area contributed by atoms with Crippen LogP contribution in [0.2, 0.25) is 0 Å². The molecule has 3 aliphatic rings. The molecule has 1 N–H and O–H groups in total. The number of benzene rings is 2. The van der Waals surface area contributed by atoms with E-state index in [0.29, 0.717) is 29.9 Å². The molecule has 4 atom stereocenters. The van der Waals surface area contributed by atoms with Crippen molar-refractivity contribution < 1.29 is 23.7 Å². The molecule has 2 aromatic rings. The van der Waals surface area contributed by atoms with E-state index >= 15 is 0 Å². The van der Waals surface area contributed by atoms with Crippen LogP contribution in [0.25, 0.3) is 0 Å². The van der Waals surface area contributed by atoms with Gasteiger partial charge in [-0.25, -0.2) is 0 Å². The lowest BCUT2D eigenvalue weighted by Crippen LogP contribution is -2.29. The zero-order chi connectivity index (χ0) is 22.1. The van der Waals surface area contributed by atoms with Crippen LogP contribution in [0.15, 0.2) is 48.6 Å². The molecule has 32 heavy (non-hydrogen) atoms. The van der Waals surface area contributed by atoms with Crippen molar-refractivity contribution in [2.45, 2.75) is 44.2 Å². The maximum Gasteiger partial charge on any atom is 0.308 e. The van der Waals surface area contributed by atoms with Crippen molar-refractivity contribution in [1.29, 1.82) is 0 Å². The van der Waals surface area contributed by atoms with Gasteiger partial charge >= 0.3 is 5.97 Å². The van der Waals surface area contributed by atoms with Gasteiger partial charge in [-0.3, -0.25) is 4.79 Å². The van der Waals surface area contributed by atoms with Gasteiger partial charge in [0.1, 0.15) is 12.4 Å². The minimum absolute atomic E-state index is 0.126. The maximum atomic E-state index is 11.4. The number of anilines is 1. The summed E-state index contributed by atoms with van der Waals surface area (Å²) in [4.78, 5) is 11.4. The SMILES string of the molecule is COc1cc(C2Nc3ccc(OCC4CCCO4)cc3C3C=CCC32)ccc1OC(C)=O. The number of ether oxygens (including phenoxy) is 4. The molecule has 168 valence electrons. The van der Waals surface area contributed by atoms with Crippen molar-refractivity contribution in [1.82, 2.24) is 0 Å². The summed E-state index contributed by atoms with van der Waals surface area (Å²) in [7, 11) is 1.59. The van der Waals surface area contributed by atoms with Gasteiger partial charge in [0.2, 0.25) is 0 Å². The topological polar surface area (TPSA) is 66.0 Å². The molecule has 0 saturated carbocycles. The van der Waals surface area contributed by atoms with Gasteiger partial charge in [0.15, 0.2) is 11.5 Å². The average molecular weight is 436 g/mol. The number of rotatable bonds is 6. The quantitative estimate of drug-likeness (QED) is 0.391. The van der Waals surface area contributed by atoms with Crippen molar-refractivity contribution in [3.8, 4) is 17.2 Å². The molecular formula is C26H29NO5. The fraction of sp³-hybridized carbons (Fsp3) is 0.423. The molecule has 6 nitrogen and oxygen atoms in total. The average Bonchev–Trinajstić information content (AvgIpc) is 3.49. The number of hydrogen-bond acceptors (Lipinski definition) is 6. The second-order valence-corrected chi connectivity index (χ2v) is 8.67. The van der Waals surface area contributed by atoms with Crippen molar-refractivity contribution in [3.05, 3.63) is 59.7 Å². The first kappa shape index (κ1) is 20.9. The maximum absolute atomic E-state index is 11.4. The molecule has 0 aromatic heterocycles. The first-order valence-electron chi connectivity index (χ1n) is 11.3. The van der Waals surface area contributed by atoms with Crippen LogP contribution in [-0.2, 0) is 9.53 Å². The number of nitrogens with one attached hydrogen (secondary N) is 1. The number of allylic oxidation sites excluding steroid dienone is 2. The predicted molar refractivity (Wildman–Crippen MR) is 122 cm³/mol. The molecule has 0 amide bonds. The number of carbonyl (C=O) groups excluding carboxylic acids is 1. The highest BCUT2D eigenvalue weighted by Crippen LogP contribution is 2.51. The highest BCUT2D eigenvalue weighted by atomic mass is 16.6. The summed E-state index contributed by atoms with van der Waals surface area (Å²) in [6, 6.07) is 12.2. The smallest absolute Gasteiger partial charge is 0.308 e. The predicted octanol–water partition coefficient (Wildman–Crippen LogP) is 5.00. The molecule has 0 radical (unpaired) electrons. The minimum atomic E-state index is -0.363. The first-order valence-corrected chi connectivity index (χ1v) is 11.3. The van der Waals surface area contributed by atoms with E-state index in [0.717, 1.165) is 42.9 Å². The Morgan fingerprint density at radius 2 is 2.09 bits per heavy atom. The molecule has 2 aromatic carbocycles. The van der Waals surface area contributed by atoms with E-state index in [2.05, 4.69) is 29.6 Å².